The van der Waals surface area contributed by atoms with Crippen molar-refractivity contribution in [3.63, 3.8) is 0 Å². The minimum Gasteiger partial charge on any atom is -0.376 e. The number of anilines is 1. The van der Waals surface area contributed by atoms with E-state index in [-0.39, 0.29) is 18.2 Å². The van der Waals surface area contributed by atoms with E-state index >= 15 is 0 Å². The molecule has 2 unspecified atom stereocenters. The number of hydrogen-bond acceptors (Lipinski definition) is 3. The molecule has 0 saturated carbocycles. The van der Waals surface area contributed by atoms with E-state index in [2.05, 4.69) is 15.6 Å². The second-order valence-corrected chi connectivity index (χ2v) is 4.18. The second-order valence-electron chi connectivity index (χ2n) is 4.18. The smallest absolute Gasteiger partial charge is 0.319 e. The average molecular weight is 235 g/mol. The molecule has 1 aliphatic rings. The van der Waals surface area contributed by atoms with Crippen LogP contribution >= 0.6 is 0 Å². The molecule has 1 aromatic rings. The minimum atomic E-state index is -0.221. The highest BCUT2D eigenvalue weighted by Gasteiger charge is 2.23. The van der Waals surface area contributed by atoms with E-state index in [4.69, 9.17) is 4.74 Å². The van der Waals surface area contributed by atoms with E-state index in [1.54, 1.807) is 24.5 Å². The van der Waals surface area contributed by atoms with Crippen LogP contribution in [0.1, 0.15) is 19.8 Å². The first-order valence-corrected chi connectivity index (χ1v) is 5.85. The van der Waals surface area contributed by atoms with E-state index in [0.717, 1.165) is 19.4 Å². The van der Waals surface area contributed by atoms with Gasteiger partial charge >= 0.3 is 6.03 Å². The number of ether oxygens (including phenoxy) is 1. The zero-order valence-corrected chi connectivity index (χ0v) is 9.85. The molecule has 2 amide bonds. The Morgan fingerprint density at radius 3 is 3.18 bits per heavy atom. The Labute approximate surface area is 101 Å². The monoisotopic (exact) mass is 235 g/mol. The summed E-state index contributed by atoms with van der Waals surface area (Å²) in [6.07, 6.45) is 5.48. The van der Waals surface area contributed by atoms with Crippen molar-refractivity contribution in [2.45, 2.75) is 31.9 Å². The Bertz CT molecular complexity index is 363. The van der Waals surface area contributed by atoms with Crippen molar-refractivity contribution >= 4 is 11.7 Å². The number of hydrogen-bond donors (Lipinski definition) is 2. The Morgan fingerprint density at radius 2 is 2.53 bits per heavy atom. The molecule has 0 aliphatic carbocycles. The van der Waals surface area contributed by atoms with Crippen LogP contribution in [0.4, 0.5) is 10.5 Å². The molecule has 2 N–H and O–H groups in total. The van der Waals surface area contributed by atoms with Gasteiger partial charge in [0.2, 0.25) is 0 Å². The van der Waals surface area contributed by atoms with Gasteiger partial charge in [-0.05, 0) is 31.9 Å². The molecule has 5 heteroatoms. The summed E-state index contributed by atoms with van der Waals surface area (Å²) in [5, 5.41) is 5.60. The lowest BCUT2D eigenvalue weighted by molar-refractivity contribution is 0.0868. The Morgan fingerprint density at radius 1 is 1.65 bits per heavy atom. The quantitative estimate of drug-likeness (QED) is 0.839. The van der Waals surface area contributed by atoms with Crippen LogP contribution in [0.5, 0.6) is 0 Å². The molecule has 0 aromatic carbocycles. The summed E-state index contributed by atoms with van der Waals surface area (Å²) in [6, 6.07) is 3.37. The van der Waals surface area contributed by atoms with Crippen LogP contribution < -0.4 is 10.6 Å². The van der Waals surface area contributed by atoms with Crippen LogP contribution in [-0.2, 0) is 4.74 Å². The fourth-order valence-electron chi connectivity index (χ4n) is 1.90. The lowest BCUT2D eigenvalue weighted by Gasteiger charge is -2.20. The molecule has 2 rings (SSSR count). The maximum absolute atomic E-state index is 11.7. The number of rotatable bonds is 3. The summed E-state index contributed by atoms with van der Waals surface area (Å²) in [4.78, 5) is 15.6. The van der Waals surface area contributed by atoms with Crippen molar-refractivity contribution in [2.75, 3.05) is 11.9 Å². The van der Waals surface area contributed by atoms with Crippen LogP contribution in [0.2, 0.25) is 0 Å². The van der Waals surface area contributed by atoms with Crippen molar-refractivity contribution in [1.29, 1.82) is 0 Å². The predicted octanol–water partition coefficient (Wildman–Crippen LogP) is 1.77. The molecule has 5 nitrogen and oxygen atoms in total. The number of nitrogens with one attached hydrogen (secondary N) is 2. The van der Waals surface area contributed by atoms with E-state index in [0.29, 0.717) is 5.69 Å². The predicted molar refractivity (Wildman–Crippen MR) is 64.8 cm³/mol. The van der Waals surface area contributed by atoms with Gasteiger partial charge in [-0.1, -0.05) is 0 Å². The molecule has 1 fully saturated rings. The summed E-state index contributed by atoms with van der Waals surface area (Å²) < 4.78 is 5.51. The molecule has 92 valence electrons. The molecule has 2 atom stereocenters. The van der Waals surface area contributed by atoms with Crippen LogP contribution in [0, 0.1) is 0 Å². The topological polar surface area (TPSA) is 63.2 Å². The fraction of sp³-hybridized carbons (Fsp3) is 0.500. The highest BCUT2D eigenvalue weighted by Crippen LogP contribution is 2.15. The molecule has 1 aromatic heterocycles. The van der Waals surface area contributed by atoms with Gasteiger partial charge in [-0.15, -0.1) is 0 Å². The Kier molecular flexibility index (Phi) is 3.93. The van der Waals surface area contributed by atoms with Crippen LogP contribution in [0.15, 0.2) is 24.5 Å². The van der Waals surface area contributed by atoms with Gasteiger partial charge in [0.15, 0.2) is 0 Å². The summed E-state index contributed by atoms with van der Waals surface area (Å²) in [5.74, 6) is 0. The number of nitrogens with zero attached hydrogens (tertiary/aromatic N) is 1. The normalized spacial score (nSPS) is 20.9. The van der Waals surface area contributed by atoms with Gasteiger partial charge in [0.05, 0.1) is 24.0 Å². The number of amides is 2. The average Bonchev–Trinajstić information content (AvgIpc) is 2.83. The molecule has 0 spiro atoms. The van der Waals surface area contributed by atoms with Gasteiger partial charge in [-0.3, -0.25) is 4.98 Å². The third-order valence-corrected chi connectivity index (χ3v) is 2.80. The highest BCUT2D eigenvalue weighted by molar-refractivity contribution is 5.89. The van der Waals surface area contributed by atoms with Gasteiger partial charge < -0.3 is 15.4 Å². The van der Waals surface area contributed by atoms with Crippen LogP contribution in [0.25, 0.3) is 0 Å². The van der Waals surface area contributed by atoms with E-state index in [9.17, 15) is 4.79 Å². The van der Waals surface area contributed by atoms with Gasteiger partial charge in [0.1, 0.15) is 0 Å². The number of urea groups is 1. The second kappa shape index (κ2) is 5.63. The third-order valence-electron chi connectivity index (χ3n) is 2.80. The molecule has 2 heterocycles. The standard InChI is InChI=1S/C12H17N3O2/c1-9(11-5-3-7-17-11)14-12(16)15-10-4-2-6-13-8-10/h2,4,6,8-9,11H,3,5,7H2,1H3,(H2,14,15,16). The van der Waals surface area contributed by atoms with Crippen LogP contribution in [-0.4, -0.2) is 29.8 Å². The first kappa shape index (κ1) is 11.9. The summed E-state index contributed by atoms with van der Waals surface area (Å²) in [5.41, 5.74) is 0.685. The highest BCUT2D eigenvalue weighted by atomic mass is 16.5. The van der Waals surface area contributed by atoms with Crippen molar-refractivity contribution in [3.05, 3.63) is 24.5 Å². The van der Waals surface area contributed by atoms with Crippen molar-refractivity contribution < 1.29 is 9.53 Å². The zero-order chi connectivity index (χ0) is 12.1. The maximum Gasteiger partial charge on any atom is 0.319 e. The molecule has 1 saturated heterocycles. The summed E-state index contributed by atoms with van der Waals surface area (Å²) >= 11 is 0. The Hall–Kier alpha value is -1.62. The number of aromatic nitrogens is 1. The first-order valence-electron chi connectivity index (χ1n) is 5.85. The minimum absolute atomic E-state index is 0.0224. The van der Waals surface area contributed by atoms with E-state index < -0.39 is 0 Å². The number of carbonyl (C=O) groups excluding carboxylic acids is 1. The summed E-state index contributed by atoms with van der Waals surface area (Å²) in [6.45, 7) is 2.75. The largest absolute Gasteiger partial charge is 0.376 e. The molecular weight excluding hydrogens is 218 g/mol. The molecule has 1 aliphatic heterocycles. The first-order chi connectivity index (χ1) is 8.25. The molecule has 17 heavy (non-hydrogen) atoms. The van der Waals surface area contributed by atoms with E-state index in [1.807, 2.05) is 6.92 Å². The van der Waals surface area contributed by atoms with Gasteiger partial charge in [0, 0.05) is 12.8 Å². The summed E-state index contributed by atoms with van der Waals surface area (Å²) in [7, 11) is 0. The zero-order valence-electron chi connectivity index (χ0n) is 9.85. The Balaban J connectivity index is 1.80. The van der Waals surface area contributed by atoms with Crippen molar-refractivity contribution in [3.8, 4) is 0 Å². The van der Waals surface area contributed by atoms with Gasteiger partial charge in [-0.25, -0.2) is 4.79 Å². The van der Waals surface area contributed by atoms with Gasteiger partial charge in [0.25, 0.3) is 0 Å². The third kappa shape index (κ3) is 3.42. The lowest BCUT2D eigenvalue weighted by Crippen LogP contribution is -2.42. The maximum atomic E-state index is 11.7. The lowest BCUT2D eigenvalue weighted by atomic mass is 10.1. The van der Waals surface area contributed by atoms with Gasteiger partial charge in [-0.2, -0.15) is 0 Å². The van der Waals surface area contributed by atoms with Crippen molar-refractivity contribution in [1.82, 2.24) is 10.3 Å². The number of carbonyl (C=O) groups is 1. The molecular formula is C12H17N3O2. The SMILES string of the molecule is CC(NC(=O)Nc1cccnc1)C1CCCO1. The van der Waals surface area contributed by atoms with Crippen LogP contribution in [0.3, 0.4) is 0 Å². The van der Waals surface area contributed by atoms with Crippen molar-refractivity contribution in [2.24, 2.45) is 0 Å². The molecule has 0 bridgehead atoms. The molecule has 0 radical (unpaired) electrons. The van der Waals surface area contributed by atoms with E-state index in [1.165, 1.54) is 0 Å². The number of pyridine rings is 1. The fourth-order valence-corrected chi connectivity index (χ4v) is 1.90.